The van der Waals surface area contributed by atoms with Gasteiger partial charge in [-0.15, -0.1) is 0 Å². The summed E-state index contributed by atoms with van der Waals surface area (Å²) in [5.41, 5.74) is 2.44. The zero-order valence-corrected chi connectivity index (χ0v) is 10.3. The second-order valence-corrected chi connectivity index (χ2v) is 4.97. The highest BCUT2D eigenvalue weighted by Gasteiger charge is 2.31. The predicted molar refractivity (Wildman–Crippen MR) is 70.2 cm³/mol. The average Bonchev–Trinajstić information content (AvgIpc) is 3.07. The van der Waals surface area contributed by atoms with Crippen LogP contribution < -0.4 is 5.32 Å². The number of hydrogen-bond acceptors (Lipinski definition) is 2. The average molecular weight is 229 g/mol. The van der Waals surface area contributed by atoms with Crippen LogP contribution in [0, 0.1) is 5.92 Å². The molecule has 1 aromatic carbocycles. The van der Waals surface area contributed by atoms with Crippen molar-refractivity contribution in [3.63, 3.8) is 0 Å². The molecule has 1 fully saturated rings. The van der Waals surface area contributed by atoms with E-state index in [0.29, 0.717) is 5.92 Å². The molecule has 0 saturated heterocycles. The lowest BCUT2D eigenvalue weighted by atomic mass is 9.93. The first-order chi connectivity index (χ1) is 8.38. The summed E-state index contributed by atoms with van der Waals surface area (Å²) in [5, 5.41) is 4.68. The van der Waals surface area contributed by atoms with Gasteiger partial charge in [-0.2, -0.15) is 0 Å². The van der Waals surface area contributed by atoms with Gasteiger partial charge in [0.1, 0.15) is 5.58 Å². The van der Waals surface area contributed by atoms with Crippen LogP contribution in [0.2, 0.25) is 0 Å². The van der Waals surface area contributed by atoms with Gasteiger partial charge in [0.25, 0.3) is 0 Å². The summed E-state index contributed by atoms with van der Waals surface area (Å²) < 4.78 is 5.49. The first kappa shape index (κ1) is 10.8. The molecule has 2 nitrogen and oxygen atoms in total. The standard InChI is InChI=1S/C15H19NO/c1-2-16-10-14(11-3-4-11)13-6-5-12-7-8-17-15(12)9-13/h5-9,11,14,16H,2-4,10H2,1H3/t14-/m0/s1. The van der Waals surface area contributed by atoms with Crippen molar-refractivity contribution in [3.05, 3.63) is 36.1 Å². The van der Waals surface area contributed by atoms with Gasteiger partial charge in [-0.25, -0.2) is 0 Å². The molecule has 1 heterocycles. The minimum absolute atomic E-state index is 0.657. The highest BCUT2D eigenvalue weighted by Crippen LogP contribution is 2.42. The van der Waals surface area contributed by atoms with Crippen LogP contribution >= 0.6 is 0 Å². The number of nitrogens with one attached hydrogen (secondary N) is 1. The van der Waals surface area contributed by atoms with Crippen LogP contribution in [-0.2, 0) is 0 Å². The predicted octanol–water partition coefficient (Wildman–Crippen LogP) is 3.54. The summed E-state index contributed by atoms with van der Waals surface area (Å²) >= 11 is 0. The third-order valence-corrected chi connectivity index (χ3v) is 3.71. The molecule has 3 rings (SSSR count). The Hall–Kier alpha value is -1.28. The van der Waals surface area contributed by atoms with Crippen LogP contribution in [-0.4, -0.2) is 13.1 Å². The highest BCUT2D eigenvalue weighted by molar-refractivity contribution is 5.77. The van der Waals surface area contributed by atoms with E-state index in [9.17, 15) is 0 Å². The Balaban J connectivity index is 1.87. The van der Waals surface area contributed by atoms with E-state index in [-0.39, 0.29) is 0 Å². The Labute approximate surface area is 102 Å². The van der Waals surface area contributed by atoms with Gasteiger partial charge in [0.05, 0.1) is 6.26 Å². The summed E-state index contributed by atoms with van der Waals surface area (Å²) in [5.74, 6) is 1.53. The van der Waals surface area contributed by atoms with Gasteiger partial charge in [0.15, 0.2) is 0 Å². The van der Waals surface area contributed by atoms with Gasteiger partial charge in [-0.1, -0.05) is 19.1 Å². The van der Waals surface area contributed by atoms with Crippen molar-refractivity contribution in [2.24, 2.45) is 5.92 Å². The number of rotatable bonds is 5. The lowest BCUT2D eigenvalue weighted by Crippen LogP contribution is -2.22. The second-order valence-electron chi connectivity index (χ2n) is 4.97. The number of hydrogen-bond donors (Lipinski definition) is 1. The van der Waals surface area contributed by atoms with Gasteiger partial charge in [0.2, 0.25) is 0 Å². The minimum Gasteiger partial charge on any atom is -0.464 e. The van der Waals surface area contributed by atoms with E-state index >= 15 is 0 Å². The van der Waals surface area contributed by atoms with Crippen LogP contribution in [0.1, 0.15) is 31.2 Å². The maximum Gasteiger partial charge on any atom is 0.134 e. The number of furan rings is 1. The molecule has 0 radical (unpaired) electrons. The summed E-state index contributed by atoms with van der Waals surface area (Å²) in [4.78, 5) is 0. The van der Waals surface area contributed by atoms with Crippen LogP contribution in [0.25, 0.3) is 11.0 Å². The third-order valence-electron chi connectivity index (χ3n) is 3.71. The molecule has 1 aliphatic carbocycles. The molecule has 0 amide bonds. The van der Waals surface area contributed by atoms with Crippen LogP contribution in [0.3, 0.4) is 0 Å². The lowest BCUT2D eigenvalue weighted by molar-refractivity contribution is 0.544. The maximum absolute atomic E-state index is 5.49. The van der Waals surface area contributed by atoms with Crippen LogP contribution in [0.4, 0.5) is 0 Å². The van der Waals surface area contributed by atoms with E-state index < -0.39 is 0 Å². The van der Waals surface area contributed by atoms with Crippen molar-refractivity contribution < 1.29 is 4.42 Å². The van der Waals surface area contributed by atoms with Crippen LogP contribution in [0.5, 0.6) is 0 Å². The Kier molecular flexibility index (Phi) is 2.89. The van der Waals surface area contributed by atoms with E-state index in [1.807, 2.05) is 6.07 Å². The third kappa shape index (κ3) is 2.22. The Morgan fingerprint density at radius 3 is 3.00 bits per heavy atom. The topological polar surface area (TPSA) is 25.2 Å². The largest absolute Gasteiger partial charge is 0.464 e. The Morgan fingerprint density at radius 1 is 1.35 bits per heavy atom. The summed E-state index contributed by atoms with van der Waals surface area (Å²) in [6, 6.07) is 8.68. The quantitative estimate of drug-likeness (QED) is 0.848. The van der Waals surface area contributed by atoms with Crippen molar-refractivity contribution >= 4 is 11.0 Å². The van der Waals surface area contributed by atoms with E-state index in [0.717, 1.165) is 24.6 Å². The monoisotopic (exact) mass is 229 g/mol. The molecule has 2 aromatic rings. The molecule has 0 spiro atoms. The van der Waals surface area contributed by atoms with Gasteiger partial charge in [-0.3, -0.25) is 0 Å². The summed E-state index contributed by atoms with van der Waals surface area (Å²) in [6.45, 7) is 4.30. The fourth-order valence-corrected chi connectivity index (χ4v) is 2.56. The SMILES string of the molecule is CCNC[C@H](c1ccc2ccoc2c1)C1CC1. The molecule has 1 aromatic heterocycles. The fourth-order valence-electron chi connectivity index (χ4n) is 2.56. The first-order valence-corrected chi connectivity index (χ1v) is 6.56. The highest BCUT2D eigenvalue weighted by atomic mass is 16.3. The van der Waals surface area contributed by atoms with Crippen LogP contribution in [0.15, 0.2) is 34.9 Å². The molecule has 0 unspecified atom stereocenters. The van der Waals surface area contributed by atoms with E-state index in [1.165, 1.54) is 23.8 Å². The van der Waals surface area contributed by atoms with Gasteiger partial charge in [-0.05, 0) is 48.9 Å². The zero-order valence-electron chi connectivity index (χ0n) is 10.3. The second kappa shape index (κ2) is 4.53. The van der Waals surface area contributed by atoms with E-state index in [1.54, 1.807) is 6.26 Å². The van der Waals surface area contributed by atoms with Crippen molar-refractivity contribution in [2.75, 3.05) is 13.1 Å². The molecule has 1 N–H and O–H groups in total. The van der Waals surface area contributed by atoms with Gasteiger partial charge < -0.3 is 9.73 Å². The van der Waals surface area contributed by atoms with Crippen molar-refractivity contribution in [1.29, 1.82) is 0 Å². The van der Waals surface area contributed by atoms with Crippen molar-refractivity contribution in [2.45, 2.75) is 25.7 Å². The molecule has 90 valence electrons. The number of benzene rings is 1. The van der Waals surface area contributed by atoms with E-state index in [2.05, 4.69) is 30.4 Å². The molecule has 17 heavy (non-hydrogen) atoms. The lowest BCUT2D eigenvalue weighted by Gasteiger charge is -2.17. The molecule has 2 heteroatoms. The molecule has 1 aliphatic rings. The number of fused-ring (bicyclic) bond motifs is 1. The summed E-state index contributed by atoms with van der Waals surface area (Å²) in [7, 11) is 0. The maximum atomic E-state index is 5.49. The van der Waals surface area contributed by atoms with Gasteiger partial charge >= 0.3 is 0 Å². The minimum atomic E-state index is 0.657. The molecule has 1 saturated carbocycles. The van der Waals surface area contributed by atoms with Crippen molar-refractivity contribution in [1.82, 2.24) is 5.32 Å². The Bertz CT molecular complexity index is 498. The number of likely N-dealkylation sites (N-methyl/N-ethyl adjacent to an activating group) is 1. The molecule has 1 atom stereocenters. The fraction of sp³-hybridized carbons (Fsp3) is 0.467. The molecular formula is C15H19NO. The molecule has 0 aliphatic heterocycles. The van der Waals surface area contributed by atoms with Gasteiger partial charge in [0, 0.05) is 11.9 Å². The smallest absolute Gasteiger partial charge is 0.134 e. The Morgan fingerprint density at radius 2 is 2.24 bits per heavy atom. The first-order valence-electron chi connectivity index (χ1n) is 6.56. The van der Waals surface area contributed by atoms with Crippen molar-refractivity contribution in [3.8, 4) is 0 Å². The zero-order chi connectivity index (χ0) is 11.7. The molecule has 0 bridgehead atoms. The summed E-state index contributed by atoms with van der Waals surface area (Å²) in [6.07, 6.45) is 4.53. The normalized spacial score (nSPS) is 17.5. The van der Waals surface area contributed by atoms with E-state index in [4.69, 9.17) is 4.42 Å². The molecular weight excluding hydrogens is 210 g/mol.